The SMILES string of the molecule is Cc1nccn1Cc1cc[c]cc1. The standard InChI is InChI=1S/C11H11N2/c1-10-12-7-8-13(10)9-11-5-3-2-4-6-11/h3-8H,9H2,1H3. The van der Waals surface area contributed by atoms with Gasteiger partial charge in [0.15, 0.2) is 0 Å². The largest absolute Gasteiger partial charge is 0.331 e. The lowest BCUT2D eigenvalue weighted by Gasteiger charge is -2.03. The molecule has 13 heavy (non-hydrogen) atoms. The molecule has 1 radical (unpaired) electrons. The van der Waals surface area contributed by atoms with Gasteiger partial charge in [-0.15, -0.1) is 0 Å². The van der Waals surface area contributed by atoms with E-state index in [0.29, 0.717) is 0 Å². The van der Waals surface area contributed by atoms with E-state index < -0.39 is 0 Å². The number of imidazole rings is 1. The van der Waals surface area contributed by atoms with E-state index in [-0.39, 0.29) is 0 Å². The van der Waals surface area contributed by atoms with E-state index in [2.05, 4.69) is 27.8 Å². The van der Waals surface area contributed by atoms with Crippen LogP contribution in [0.25, 0.3) is 0 Å². The van der Waals surface area contributed by atoms with Gasteiger partial charge in [-0.3, -0.25) is 0 Å². The average Bonchev–Trinajstić information content (AvgIpc) is 2.54. The maximum atomic E-state index is 4.17. The molecule has 2 nitrogen and oxygen atoms in total. The van der Waals surface area contributed by atoms with Gasteiger partial charge in [-0.1, -0.05) is 24.3 Å². The van der Waals surface area contributed by atoms with Crippen LogP contribution in [0.2, 0.25) is 0 Å². The van der Waals surface area contributed by atoms with Crippen molar-refractivity contribution in [3.63, 3.8) is 0 Å². The summed E-state index contributed by atoms with van der Waals surface area (Å²) >= 11 is 0. The van der Waals surface area contributed by atoms with Crippen molar-refractivity contribution in [3.05, 3.63) is 54.1 Å². The fourth-order valence-electron chi connectivity index (χ4n) is 1.29. The zero-order chi connectivity index (χ0) is 9.10. The Balaban J connectivity index is 2.20. The summed E-state index contributed by atoms with van der Waals surface area (Å²) in [6, 6.07) is 11.0. The van der Waals surface area contributed by atoms with Gasteiger partial charge >= 0.3 is 0 Å². The van der Waals surface area contributed by atoms with Crippen LogP contribution in [0.1, 0.15) is 11.4 Å². The first-order valence-corrected chi connectivity index (χ1v) is 4.29. The number of rotatable bonds is 2. The summed E-state index contributed by atoms with van der Waals surface area (Å²) in [5, 5.41) is 0. The molecule has 1 aromatic heterocycles. The maximum Gasteiger partial charge on any atom is 0.105 e. The average molecular weight is 171 g/mol. The Labute approximate surface area is 77.9 Å². The Morgan fingerprint density at radius 1 is 1.38 bits per heavy atom. The van der Waals surface area contributed by atoms with Gasteiger partial charge in [-0.25, -0.2) is 4.98 Å². The van der Waals surface area contributed by atoms with Gasteiger partial charge in [0.25, 0.3) is 0 Å². The summed E-state index contributed by atoms with van der Waals surface area (Å²) in [6.45, 7) is 2.90. The molecular weight excluding hydrogens is 160 g/mol. The molecule has 0 saturated heterocycles. The maximum absolute atomic E-state index is 4.17. The minimum atomic E-state index is 0.889. The second-order valence-electron chi connectivity index (χ2n) is 3.01. The Kier molecular flexibility index (Phi) is 2.13. The van der Waals surface area contributed by atoms with E-state index in [1.54, 1.807) is 0 Å². The molecule has 0 aliphatic heterocycles. The molecule has 1 aromatic carbocycles. The molecule has 2 aromatic rings. The lowest BCUT2D eigenvalue weighted by atomic mass is 10.2. The van der Waals surface area contributed by atoms with Crippen molar-refractivity contribution in [1.82, 2.24) is 9.55 Å². The van der Waals surface area contributed by atoms with Crippen LogP contribution in [0.15, 0.2) is 36.7 Å². The van der Waals surface area contributed by atoms with Crippen molar-refractivity contribution in [2.24, 2.45) is 0 Å². The zero-order valence-electron chi connectivity index (χ0n) is 7.57. The molecule has 1 heterocycles. The normalized spacial score (nSPS) is 10.2. The summed E-state index contributed by atoms with van der Waals surface area (Å²) < 4.78 is 2.12. The number of aryl methyl sites for hydroxylation is 1. The van der Waals surface area contributed by atoms with E-state index in [0.717, 1.165) is 12.4 Å². The Morgan fingerprint density at radius 3 is 2.77 bits per heavy atom. The highest BCUT2D eigenvalue weighted by Gasteiger charge is 1.96. The summed E-state index contributed by atoms with van der Waals surface area (Å²) in [7, 11) is 0. The third-order valence-corrected chi connectivity index (χ3v) is 2.06. The predicted octanol–water partition coefficient (Wildman–Crippen LogP) is 2.04. The summed E-state index contributed by atoms with van der Waals surface area (Å²) in [5.74, 6) is 1.05. The lowest BCUT2D eigenvalue weighted by molar-refractivity contribution is 0.762. The molecule has 0 bridgehead atoms. The minimum Gasteiger partial charge on any atom is -0.331 e. The number of nitrogens with zero attached hydrogens (tertiary/aromatic N) is 2. The molecule has 0 N–H and O–H groups in total. The van der Waals surface area contributed by atoms with Crippen LogP contribution < -0.4 is 0 Å². The van der Waals surface area contributed by atoms with Gasteiger partial charge in [0.2, 0.25) is 0 Å². The molecule has 2 heteroatoms. The van der Waals surface area contributed by atoms with E-state index in [1.807, 2.05) is 31.5 Å². The summed E-state index contributed by atoms with van der Waals surface area (Å²) in [4.78, 5) is 4.17. The van der Waals surface area contributed by atoms with Crippen molar-refractivity contribution < 1.29 is 0 Å². The van der Waals surface area contributed by atoms with Gasteiger partial charge in [-0.2, -0.15) is 0 Å². The van der Waals surface area contributed by atoms with Gasteiger partial charge < -0.3 is 4.57 Å². The summed E-state index contributed by atoms with van der Waals surface area (Å²) in [5.41, 5.74) is 1.28. The number of hydrogen-bond donors (Lipinski definition) is 0. The van der Waals surface area contributed by atoms with Gasteiger partial charge in [-0.05, 0) is 18.6 Å². The first-order valence-electron chi connectivity index (χ1n) is 4.29. The van der Waals surface area contributed by atoms with E-state index in [9.17, 15) is 0 Å². The van der Waals surface area contributed by atoms with Crippen LogP contribution in [0.5, 0.6) is 0 Å². The first-order chi connectivity index (χ1) is 6.36. The quantitative estimate of drug-likeness (QED) is 0.676. The molecule has 0 saturated carbocycles. The Hall–Kier alpha value is -1.57. The second kappa shape index (κ2) is 3.44. The highest BCUT2D eigenvalue weighted by molar-refractivity contribution is 5.14. The Morgan fingerprint density at radius 2 is 2.15 bits per heavy atom. The third kappa shape index (κ3) is 1.78. The predicted molar refractivity (Wildman–Crippen MR) is 51.3 cm³/mol. The first kappa shape index (κ1) is 8.05. The second-order valence-corrected chi connectivity index (χ2v) is 3.01. The van der Waals surface area contributed by atoms with E-state index in [4.69, 9.17) is 0 Å². The van der Waals surface area contributed by atoms with Crippen molar-refractivity contribution in [2.45, 2.75) is 13.5 Å². The molecule has 0 amide bonds. The molecule has 65 valence electrons. The van der Waals surface area contributed by atoms with Crippen LogP contribution >= 0.6 is 0 Å². The number of aromatic nitrogens is 2. The molecule has 0 unspecified atom stereocenters. The monoisotopic (exact) mass is 171 g/mol. The molecule has 0 atom stereocenters. The van der Waals surface area contributed by atoms with Crippen LogP contribution in [0.3, 0.4) is 0 Å². The van der Waals surface area contributed by atoms with Gasteiger partial charge in [0, 0.05) is 18.9 Å². The lowest BCUT2D eigenvalue weighted by Crippen LogP contribution is -2.00. The summed E-state index contributed by atoms with van der Waals surface area (Å²) in [6.07, 6.45) is 3.82. The molecule has 0 aliphatic carbocycles. The van der Waals surface area contributed by atoms with Gasteiger partial charge in [0.05, 0.1) is 0 Å². The van der Waals surface area contributed by atoms with Crippen molar-refractivity contribution in [1.29, 1.82) is 0 Å². The van der Waals surface area contributed by atoms with Crippen LogP contribution in [0.4, 0.5) is 0 Å². The molecule has 0 fully saturated rings. The van der Waals surface area contributed by atoms with E-state index >= 15 is 0 Å². The van der Waals surface area contributed by atoms with Crippen molar-refractivity contribution in [3.8, 4) is 0 Å². The highest BCUT2D eigenvalue weighted by atomic mass is 15.0. The van der Waals surface area contributed by atoms with Crippen molar-refractivity contribution >= 4 is 0 Å². The molecule has 0 aliphatic rings. The minimum absolute atomic E-state index is 0.889. The van der Waals surface area contributed by atoms with Gasteiger partial charge in [0.1, 0.15) is 5.82 Å². The topological polar surface area (TPSA) is 17.8 Å². The van der Waals surface area contributed by atoms with E-state index in [1.165, 1.54) is 5.56 Å². The fraction of sp³-hybridized carbons (Fsp3) is 0.182. The van der Waals surface area contributed by atoms with Crippen LogP contribution in [0, 0.1) is 13.0 Å². The van der Waals surface area contributed by atoms with Crippen molar-refractivity contribution in [2.75, 3.05) is 0 Å². The zero-order valence-corrected chi connectivity index (χ0v) is 7.57. The highest BCUT2D eigenvalue weighted by Crippen LogP contribution is 2.03. The third-order valence-electron chi connectivity index (χ3n) is 2.06. The molecular formula is C11H11N2. The fourth-order valence-corrected chi connectivity index (χ4v) is 1.29. The molecule has 0 spiro atoms. The van der Waals surface area contributed by atoms with Crippen LogP contribution in [-0.4, -0.2) is 9.55 Å². The number of benzene rings is 1. The number of hydrogen-bond acceptors (Lipinski definition) is 1. The smallest absolute Gasteiger partial charge is 0.105 e. The Bertz CT molecular complexity index is 376. The van der Waals surface area contributed by atoms with Crippen LogP contribution in [-0.2, 0) is 6.54 Å². The molecule has 2 rings (SSSR count).